The third-order valence-corrected chi connectivity index (χ3v) is 4.08. The lowest BCUT2D eigenvalue weighted by Crippen LogP contribution is -2.45. The van der Waals surface area contributed by atoms with Crippen LogP contribution in [0.1, 0.15) is 38.2 Å². The summed E-state index contributed by atoms with van der Waals surface area (Å²) in [5.41, 5.74) is 0.723. The quantitative estimate of drug-likeness (QED) is 0.315. The number of nitrogens with zero attached hydrogens (tertiary/aromatic N) is 1. The monoisotopic (exact) mass is 449 g/mol. The van der Waals surface area contributed by atoms with E-state index in [1.54, 1.807) is 25.3 Å². The fourth-order valence-corrected chi connectivity index (χ4v) is 2.71. The molecule has 0 radical (unpaired) electrons. The molecule has 136 valence electrons. The van der Waals surface area contributed by atoms with Gasteiger partial charge >= 0.3 is 0 Å². The van der Waals surface area contributed by atoms with Gasteiger partial charge in [0.25, 0.3) is 0 Å². The van der Waals surface area contributed by atoms with E-state index < -0.39 is 0 Å². The van der Waals surface area contributed by atoms with Crippen LogP contribution in [0.5, 0.6) is 11.5 Å². The van der Waals surface area contributed by atoms with Gasteiger partial charge in [-0.2, -0.15) is 0 Å². The highest BCUT2D eigenvalue weighted by atomic mass is 127. The number of hydrogen-bond acceptors (Lipinski definition) is 4. The summed E-state index contributed by atoms with van der Waals surface area (Å²) < 4.78 is 5.18. The zero-order valence-electron chi connectivity index (χ0n) is 14.3. The highest BCUT2D eigenvalue weighted by molar-refractivity contribution is 14.0. The number of aromatic hydroxyl groups is 1. The van der Waals surface area contributed by atoms with E-state index in [4.69, 9.17) is 4.74 Å². The molecule has 1 aliphatic carbocycles. The molecule has 0 saturated heterocycles. The third-order valence-electron chi connectivity index (χ3n) is 4.08. The second-order valence-electron chi connectivity index (χ2n) is 5.84. The van der Waals surface area contributed by atoms with E-state index >= 15 is 0 Å². The number of aliphatic hydroxyl groups excluding tert-OH is 1. The molecule has 0 aromatic heterocycles. The van der Waals surface area contributed by atoms with Crippen LogP contribution in [0.2, 0.25) is 0 Å². The molecule has 1 saturated carbocycles. The molecule has 7 heteroatoms. The maximum Gasteiger partial charge on any atom is 0.191 e. The van der Waals surface area contributed by atoms with Crippen LogP contribution in [0.3, 0.4) is 0 Å². The lowest BCUT2D eigenvalue weighted by Gasteiger charge is -2.27. The van der Waals surface area contributed by atoms with E-state index in [9.17, 15) is 10.2 Å². The van der Waals surface area contributed by atoms with Crippen molar-refractivity contribution in [2.75, 3.05) is 13.7 Å². The highest BCUT2D eigenvalue weighted by Gasteiger charge is 2.20. The summed E-state index contributed by atoms with van der Waals surface area (Å²) in [6.45, 7) is 3.16. The second kappa shape index (κ2) is 10.6. The van der Waals surface area contributed by atoms with E-state index in [0.717, 1.165) is 43.8 Å². The molecule has 24 heavy (non-hydrogen) atoms. The minimum atomic E-state index is -0.165. The Morgan fingerprint density at radius 2 is 2.00 bits per heavy atom. The largest absolute Gasteiger partial charge is 0.508 e. The Labute approximate surface area is 160 Å². The molecule has 0 aliphatic heterocycles. The number of aliphatic hydroxyl groups is 1. The number of methoxy groups -OCH3 is 1. The van der Waals surface area contributed by atoms with Crippen molar-refractivity contribution < 1.29 is 14.9 Å². The van der Waals surface area contributed by atoms with Gasteiger partial charge in [-0.05, 0) is 50.8 Å². The Hall–Kier alpha value is -1.22. The number of hydrogen-bond donors (Lipinski definition) is 4. The summed E-state index contributed by atoms with van der Waals surface area (Å²) in [5.74, 6) is 1.65. The number of aliphatic imine (C=N–C) groups is 1. The number of benzene rings is 1. The molecule has 1 aromatic carbocycles. The molecule has 0 heterocycles. The van der Waals surface area contributed by atoms with E-state index in [0.29, 0.717) is 18.3 Å². The van der Waals surface area contributed by atoms with Crippen molar-refractivity contribution in [2.45, 2.75) is 51.3 Å². The van der Waals surface area contributed by atoms with Gasteiger partial charge < -0.3 is 25.6 Å². The third kappa shape index (κ3) is 6.35. The Balaban J connectivity index is 0.00000288. The van der Waals surface area contributed by atoms with Gasteiger partial charge in [-0.25, -0.2) is 4.99 Å². The first-order valence-electron chi connectivity index (χ1n) is 8.21. The molecule has 4 N–H and O–H groups in total. The summed E-state index contributed by atoms with van der Waals surface area (Å²) >= 11 is 0. The number of rotatable bonds is 5. The molecule has 6 nitrogen and oxygen atoms in total. The topological polar surface area (TPSA) is 86.1 Å². The number of halogens is 1. The number of phenols is 1. The van der Waals surface area contributed by atoms with E-state index in [1.165, 1.54) is 0 Å². The van der Waals surface area contributed by atoms with Crippen LogP contribution in [0, 0.1) is 0 Å². The lowest BCUT2D eigenvalue weighted by molar-refractivity contribution is 0.120. The molecule has 1 aliphatic rings. The summed E-state index contributed by atoms with van der Waals surface area (Å²) in [6, 6.07) is 5.46. The SMILES string of the molecule is CCNC(=NCc1cc(OC)ccc1O)NC1CCC(O)CC1.I. The molecule has 1 fully saturated rings. The first-order chi connectivity index (χ1) is 11.1. The van der Waals surface area contributed by atoms with Crippen molar-refractivity contribution >= 4 is 29.9 Å². The van der Waals surface area contributed by atoms with Crippen LogP contribution in [-0.4, -0.2) is 42.0 Å². The van der Waals surface area contributed by atoms with Crippen LogP contribution in [0.15, 0.2) is 23.2 Å². The molecule has 0 bridgehead atoms. The van der Waals surface area contributed by atoms with Gasteiger partial charge in [-0.15, -0.1) is 24.0 Å². The van der Waals surface area contributed by atoms with Crippen molar-refractivity contribution in [3.05, 3.63) is 23.8 Å². The number of guanidine groups is 1. The summed E-state index contributed by atoms with van der Waals surface area (Å²) in [6.07, 6.45) is 3.37. The van der Waals surface area contributed by atoms with Crippen molar-refractivity contribution in [1.82, 2.24) is 10.6 Å². The Morgan fingerprint density at radius 1 is 1.29 bits per heavy atom. The standard InChI is InChI=1S/C17H27N3O3.HI/c1-3-18-17(20-13-4-6-14(21)7-5-13)19-11-12-10-15(23-2)8-9-16(12)22;/h8-10,13-14,21-22H,3-7,11H2,1-2H3,(H2,18,19,20);1H. The first-order valence-corrected chi connectivity index (χ1v) is 8.21. The van der Waals surface area contributed by atoms with Gasteiger partial charge in [0.1, 0.15) is 11.5 Å². The van der Waals surface area contributed by atoms with Gasteiger partial charge in [0, 0.05) is 18.2 Å². The molecule has 2 rings (SSSR count). The minimum Gasteiger partial charge on any atom is -0.508 e. The minimum absolute atomic E-state index is 0. The lowest BCUT2D eigenvalue weighted by atomic mass is 9.93. The second-order valence-corrected chi connectivity index (χ2v) is 5.84. The van der Waals surface area contributed by atoms with E-state index in [2.05, 4.69) is 15.6 Å². The summed E-state index contributed by atoms with van der Waals surface area (Å²) in [7, 11) is 1.60. The van der Waals surface area contributed by atoms with Crippen LogP contribution >= 0.6 is 24.0 Å². The van der Waals surface area contributed by atoms with Gasteiger partial charge in [0.05, 0.1) is 19.8 Å². The Kier molecular flexibility index (Phi) is 9.20. The molecule has 0 unspecified atom stereocenters. The normalized spacial score (nSPS) is 20.9. The van der Waals surface area contributed by atoms with Crippen LogP contribution in [-0.2, 0) is 6.54 Å². The Bertz CT molecular complexity index is 532. The maximum absolute atomic E-state index is 9.93. The predicted molar refractivity (Wildman–Crippen MR) is 106 cm³/mol. The van der Waals surface area contributed by atoms with Gasteiger partial charge in [0.15, 0.2) is 5.96 Å². The number of ether oxygens (including phenoxy) is 1. The molecule has 1 aromatic rings. The zero-order chi connectivity index (χ0) is 16.7. The van der Waals surface area contributed by atoms with Crippen molar-refractivity contribution in [3.63, 3.8) is 0 Å². The average Bonchev–Trinajstić information content (AvgIpc) is 2.56. The first kappa shape index (κ1) is 20.8. The van der Waals surface area contributed by atoms with Crippen molar-refractivity contribution in [1.29, 1.82) is 0 Å². The fraction of sp³-hybridized carbons (Fsp3) is 0.588. The maximum atomic E-state index is 9.93. The summed E-state index contributed by atoms with van der Waals surface area (Å²) in [4.78, 5) is 4.55. The highest BCUT2D eigenvalue weighted by Crippen LogP contribution is 2.23. The van der Waals surface area contributed by atoms with Crippen molar-refractivity contribution in [3.8, 4) is 11.5 Å². The van der Waals surface area contributed by atoms with Crippen molar-refractivity contribution in [2.24, 2.45) is 4.99 Å². The fourth-order valence-electron chi connectivity index (χ4n) is 2.71. The van der Waals surface area contributed by atoms with Crippen LogP contribution < -0.4 is 15.4 Å². The Morgan fingerprint density at radius 3 is 2.62 bits per heavy atom. The van der Waals surface area contributed by atoms with E-state index in [1.807, 2.05) is 6.92 Å². The number of phenolic OH excluding ortho intramolecular Hbond substituents is 1. The molecule has 0 amide bonds. The van der Waals surface area contributed by atoms with Gasteiger partial charge in [-0.1, -0.05) is 0 Å². The molecular weight excluding hydrogens is 421 g/mol. The van der Waals surface area contributed by atoms with Crippen LogP contribution in [0.4, 0.5) is 0 Å². The smallest absolute Gasteiger partial charge is 0.191 e. The molecular formula is C17H28IN3O3. The summed E-state index contributed by atoms with van der Waals surface area (Å²) in [5, 5.41) is 26.1. The van der Waals surface area contributed by atoms with Crippen LogP contribution in [0.25, 0.3) is 0 Å². The number of nitrogens with one attached hydrogen (secondary N) is 2. The average molecular weight is 449 g/mol. The molecule has 0 atom stereocenters. The van der Waals surface area contributed by atoms with Gasteiger partial charge in [0.2, 0.25) is 0 Å². The van der Waals surface area contributed by atoms with E-state index in [-0.39, 0.29) is 35.8 Å². The predicted octanol–water partition coefficient (Wildman–Crippen LogP) is 2.38. The zero-order valence-corrected chi connectivity index (χ0v) is 16.6. The van der Waals surface area contributed by atoms with Gasteiger partial charge in [-0.3, -0.25) is 0 Å². The molecule has 0 spiro atoms.